The average molecular weight is 762 g/mol. The van der Waals surface area contributed by atoms with Crippen LogP contribution >= 0.6 is 7.82 Å². The van der Waals surface area contributed by atoms with Gasteiger partial charge in [0.15, 0.2) is 0 Å². The first-order valence-corrected chi connectivity index (χ1v) is 22.2. The van der Waals surface area contributed by atoms with E-state index in [1.54, 1.807) is 18.2 Å². The van der Waals surface area contributed by atoms with E-state index in [0.29, 0.717) is 6.61 Å². The summed E-state index contributed by atoms with van der Waals surface area (Å²) in [5, 5.41) is 0. The fraction of sp³-hybridized carbons (Fsp3) is 0.659. The Hall–Kier alpha value is -2.32. The Kier molecular flexibility index (Phi) is 39.1. The van der Waals surface area contributed by atoms with Gasteiger partial charge in [-0.25, -0.2) is 9.36 Å². The zero-order valence-corrected chi connectivity index (χ0v) is 34.4. The van der Waals surface area contributed by atoms with Crippen LogP contribution in [0.3, 0.4) is 0 Å². The maximum absolute atomic E-state index is 12.4. The molecule has 0 saturated carbocycles. The highest BCUT2D eigenvalue weighted by atomic mass is 31.2. The third-order valence-corrected chi connectivity index (χ3v) is 9.31. The number of unbranched alkanes of at least 4 members (excludes halogenated alkanes) is 19. The minimum absolute atomic E-state index is 0.00619. The van der Waals surface area contributed by atoms with E-state index in [1.807, 2.05) is 42.5 Å². The SMILES string of the molecule is CCCCCCCCC/C=C/C=C/C=C/C=C/C=C/C=C/C(=O)OC(COC/C=C/CCCCCCCCCCCCCC)COP(=O)(O)OCCN. The van der Waals surface area contributed by atoms with Gasteiger partial charge in [0.05, 0.1) is 26.4 Å². The summed E-state index contributed by atoms with van der Waals surface area (Å²) >= 11 is 0. The molecule has 2 atom stereocenters. The summed E-state index contributed by atoms with van der Waals surface area (Å²) in [7, 11) is -4.33. The van der Waals surface area contributed by atoms with Gasteiger partial charge >= 0.3 is 13.8 Å². The van der Waals surface area contributed by atoms with E-state index in [-0.39, 0.29) is 26.4 Å². The monoisotopic (exact) mass is 762 g/mol. The molecule has 304 valence electrons. The predicted octanol–water partition coefficient (Wildman–Crippen LogP) is 12.1. The van der Waals surface area contributed by atoms with Crippen LogP contribution in [0.1, 0.15) is 149 Å². The predicted molar refractivity (Wildman–Crippen MR) is 224 cm³/mol. The van der Waals surface area contributed by atoms with Crippen LogP contribution < -0.4 is 5.73 Å². The van der Waals surface area contributed by atoms with Gasteiger partial charge in [-0.3, -0.25) is 9.05 Å². The number of nitrogens with two attached hydrogens (primary N) is 1. The van der Waals surface area contributed by atoms with Crippen LogP contribution in [0.25, 0.3) is 0 Å². The number of hydrogen-bond acceptors (Lipinski definition) is 7. The van der Waals surface area contributed by atoms with Crippen LogP contribution in [0.2, 0.25) is 0 Å². The number of phosphoric acid groups is 1. The number of allylic oxidation sites excluding steroid dienone is 12. The van der Waals surface area contributed by atoms with Crippen LogP contribution in [0.5, 0.6) is 0 Å². The lowest BCUT2D eigenvalue weighted by atomic mass is 10.0. The second kappa shape index (κ2) is 40.9. The smallest absolute Gasteiger partial charge is 0.454 e. The number of rotatable bonds is 38. The summed E-state index contributed by atoms with van der Waals surface area (Å²) in [6.07, 6.45) is 52.8. The molecule has 0 spiro atoms. The van der Waals surface area contributed by atoms with Crippen LogP contribution in [-0.4, -0.2) is 49.9 Å². The van der Waals surface area contributed by atoms with Crippen molar-refractivity contribution in [1.29, 1.82) is 0 Å². The summed E-state index contributed by atoms with van der Waals surface area (Å²) < 4.78 is 33.0. The molecule has 2 unspecified atom stereocenters. The maximum atomic E-state index is 12.4. The molecule has 8 nitrogen and oxygen atoms in total. The van der Waals surface area contributed by atoms with Crippen molar-refractivity contribution in [3.05, 3.63) is 85.1 Å². The molecular weight excluding hydrogens is 685 g/mol. The summed E-state index contributed by atoms with van der Waals surface area (Å²) in [6, 6.07) is 0. The highest BCUT2D eigenvalue weighted by Crippen LogP contribution is 2.43. The standard InChI is InChI=1S/C44H76NO7P/c1-3-5-7-9-11-13-15-17-19-20-21-22-23-25-27-29-31-33-35-37-44(46)52-43(42-51-53(47,48)50-40-38-45)41-49-39-36-34-32-30-28-26-24-18-16-14-12-10-8-6-4-2/h19-23,25,27,29,31,33-37,43H,3-18,24,26,28,30,32,38-42,45H2,1-2H3,(H,47,48)/b20-19+,22-21+,25-23+,29-27+,33-31+,36-34+,37-35+. The Morgan fingerprint density at radius 2 is 1.04 bits per heavy atom. The first kappa shape index (κ1) is 50.7. The molecule has 0 aromatic carbocycles. The lowest BCUT2D eigenvalue weighted by Crippen LogP contribution is -2.28. The third-order valence-electron chi connectivity index (χ3n) is 8.33. The minimum Gasteiger partial charge on any atom is -0.454 e. The molecule has 0 radical (unpaired) electrons. The van der Waals surface area contributed by atoms with Crippen molar-refractivity contribution in [1.82, 2.24) is 0 Å². The summed E-state index contributed by atoms with van der Waals surface area (Å²) in [5.74, 6) is -0.626. The van der Waals surface area contributed by atoms with Gasteiger partial charge < -0.3 is 20.1 Å². The Labute approximate surface area is 324 Å². The van der Waals surface area contributed by atoms with E-state index in [1.165, 1.54) is 122 Å². The highest BCUT2D eigenvalue weighted by Gasteiger charge is 2.24. The largest absolute Gasteiger partial charge is 0.472 e. The number of phosphoric ester groups is 1. The van der Waals surface area contributed by atoms with Crippen molar-refractivity contribution in [3.8, 4) is 0 Å². The molecule has 53 heavy (non-hydrogen) atoms. The topological polar surface area (TPSA) is 117 Å². The second-order valence-electron chi connectivity index (χ2n) is 13.4. The van der Waals surface area contributed by atoms with Gasteiger partial charge in [-0.15, -0.1) is 0 Å². The minimum atomic E-state index is -4.33. The quantitative estimate of drug-likeness (QED) is 0.0159. The zero-order valence-electron chi connectivity index (χ0n) is 33.5. The van der Waals surface area contributed by atoms with Crippen molar-refractivity contribution in [2.75, 3.05) is 33.0 Å². The molecular formula is C44H76NO7P. The molecule has 0 aliphatic rings. The fourth-order valence-electron chi connectivity index (χ4n) is 5.30. The Morgan fingerprint density at radius 1 is 0.585 bits per heavy atom. The van der Waals surface area contributed by atoms with E-state index >= 15 is 0 Å². The van der Waals surface area contributed by atoms with Crippen molar-refractivity contribution in [2.24, 2.45) is 5.73 Å². The molecule has 0 aromatic rings. The lowest BCUT2D eigenvalue weighted by molar-refractivity contribution is -0.148. The molecule has 0 rings (SSSR count). The van der Waals surface area contributed by atoms with Crippen LogP contribution in [0.15, 0.2) is 85.1 Å². The first-order valence-electron chi connectivity index (χ1n) is 20.7. The summed E-state index contributed by atoms with van der Waals surface area (Å²) in [6.45, 7) is 4.40. The lowest BCUT2D eigenvalue weighted by Gasteiger charge is -2.19. The summed E-state index contributed by atoms with van der Waals surface area (Å²) in [4.78, 5) is 22.3. The molecule has 0 amide bonds. The van der Waals surface area contributed by atoms with E-state index < -0.39 is 19.9 Å². The van der Waals surface area contributed by atoms with Crippen LogP contribution in [0.4, 0.5) is 0 Å². The molecule has 0 aromatic heterocycles. The van der Waals surface area contributed by atoms with Crippen molar-refractivity contribution < 1.29 is 32.8 Å². The van der Waals surface area contributed by atoms with Crippen LogP contribution in [0, 0.1) is 0 Å². The Bertz CT molecular complexity index is 1080. The molecule has 0 aliphatic carbocycles. The van der Waals surface area contributed by atoms with Crippen LogP contribution in [-0.2, 0) is 27.9 Å². The first-order chi connectivity index (χ1) is 25.9. The Balaban J connectivity index is 4.38. The average Bonchev–Trinajstić information content (AvgIpc) is 3.15. The number of ether oxygens (including phenoxy) is 2. The van der Waals surface area contributed by atoms with Gasteiger partial charge in [0.1, 0.15) is 6.10 Å². The van der Waals surface area contributed by atoms with E-state index in [9.17, 15) is 14.3 Å². The number of esters is 1. The molecule has 9 heteroatoms. The van der Waals surface area contributed by atoms with Crippen molar-refractivity contribution in [3.63, 3.8) is 0 Å². The fourth-order valence-corrected chi connectivity index (χ4v) is 6.07. The van der Waals surface area contributed by atoms with Crippen molar-refractivity contribution in [2.45, 2.75) is 155 Å². The van der Waals surface area contributed by atoms with E-state index in [4.69, 9.17) is 24.3 Å². The van der Waals surface area contributed by atoms with Crippen molar-refractivity contribution >= 4 is 13.8 Å². The molecule has 0 heterocycles. The second-order valence-corrected chi connectivity index (χ2v) is 14.8. The van der Waals surface area contributed by atoms with Gasteiger partial charge in [-0.05, 0) is 25.7 Å². The third kappa shape index (κ3) is 40.7. The zero-order chi connectivity index (χ0) is 38.8. The molecule has 0 fully saturated rings. The van der Waals surface area contributed by atoms with E-state index in [2.05, 4.69) is 32.1 Å². The number of hydrogen-bond donors (Lipinski definition) is 2. The molecule has 3 N–H and O–H groups in total. The van der Waals surface area contributed by atoms with Gasteiger partial charge in [-0.1, -0.05) is 202 Å². The van der Waals surface area contributed by atoms with E-state index in [0.717, 1.165) is 19.3 Å². The highest BCUT2D eigenvalue weighted by molar-refractivity contribution is 7.47. The number of carbonyl (C=O) groups excluding carboxylic acids is 1. The Morgan fingerprint density at radius 3 is 1.55 bits per heavy atom. The summed E-state index contributed by atoms with van der Waals surface area (Å²) in [5.41, 5.74) is 5.34. The molecule has 0 aliphatic heterocycles. The molecule has 0 bridgehead atoms. The molecule has 0 saturated heterocycles. The normalized spacial score (nSPS) is 14.4. The van der Waals surface area contributed by atoms with Gasteiger partial charge in [0.2, 0.25) is 0 Å². The maximum Gasteiger partial charge on any atom is 0.472 e. The van der Waals surface area contributed by atoms with Gasteiger partial charge in [0.25, 0.3) is 0 Å². The van der Waals surface area contributed by atoms with Gasteiger partial charge in [-0.2, -0.15) is 0 Å². The number of carbonyl (C=O) groups is 1. The van der Waals surface area contributed by atoms with Gasteiger partial charge in [0, 0.05) is 12.6 Å².